The Labute approximate surface area is 119 Å². The van der Waals surface area contributed by atoms with Crippen LogP contribution >= 0.6 is 22.6 Å². The lowest BCUT2D eigenvalue weighted by Crippen LogP contribution is -2.26. The molecule has 100 valence electrons. The lowest BCUT2D eigenvalue weighted by atomic mass is 10.1. The summed E-state index contributed by atoms with van der Waals surface area (Å²) in [7, 11) is 0. The number of carbonyl (C=O) groups is 1. The molecule has 1 rings (SSSR count). The Hall–Kier alpha value is -0.720. The third-order valence-corrected chi connectivity index (χ3v) is 3.26. The van der Waals surface area contributed by atoms with Gasteiger partial charge in [0.15, 0.2) is 0 Å². The van der Waals surface area contributed by atoms with Crippen LogP contribution in [0.1, 0.15) is 24.8 Å². The molecule has 0 aliphatic rings. The Morgan fingerprint density at radius 2 is 2.00 bits per heavy atom. The second-order valence-electron chi connectivity index (χ2n) is 4.01. The van der Waals surface area contributed by atoms with Crippen LogP contribution in [0.4, 0.5) is 8.78 Å². The largest absolute Gasteiger partial charge is 0.356 e. The molecule has 0 heterocycles. The van der Waals surface area contributed by atoms with Gasteiger partial charge in [0.1, 0.15) is 11.6 Å². The maximum Gasteiger partial charge on any atom is 0.224 e. The molecule has 0 aliphatic carbocycles. The minimum absolute atomic E-state index is 0.0433. The molecule has 0 saturated carbocycles. The van der Waals surface area contributed by atoms with E-state index in [0.29, 0.717) is 6.54 Å². The molecule has 0 atom stereocenters. The van der Waals surface area contributed by atoms with Gasteiger partial charge in [0, 0.05) is 12.6 Å². The summed E-state index contributed by atoms with van der Waals surface area (Å²) >= 11 is 2.31. The fraction of sp³-hybridized carbons (Fsp3) is 0.462. The topological polar surface area (TPSA) is 29.1 Å². The lowest BCUT2D eigenvalue weighted by molar-refractivity contribution is -0.120. The summed E-state index contributed by atoms with van der Waals surface area (Å²) in [6, 6.07) is 3.26. The Morgan fingerprint density at radius 1 is 1.22 bits per heavy atom. The van der Waals surface area contributed by atoms with Gasteiger partial charge in [0.05, 0.1) is 6.42 Å². The van der Waals surface area contributed by atoms with E-state index in [1.54, 1.807) is 0 Å². The van der Waals surface area contributed by atoms with Gasteiger partial charge in [-0.3, -0.25) is 4.79 Å². The molecule has 1 amide bonds. The molecule has 18 heavy (non-hydrogen) atoms. The highest BCUT2D eigenvalue weighted by Gasteiger charge is 2.08. The van der Waals surface area contributed by atoms with E-state index in [0.717, 1.165) is 35.8 Å². The second-order valence-corrected chi connectivity index (χ2v) is 5.09. The highest BCUT2D eigenvalue weighted by molar-refractivity contribution is 14.1. The number of rotatable bonds is 7. The average Bonchev–Trinajstić information content (AvgIpc) is 2.32. The van der Waals surface area contributed by atoms with E-state index in [9.17, 15) is 13.6 Å². The van der Waals surface area contributed by atoms with Crippen molar-refractivity contribution in [1.29, 1.82) is 0 Å². The van der Waals surface area contributed by atoms with Gasteiger partial charge < -0.3 is 5.32 Å². The highest BCUT2D eigenvalue weighted by atomic mass is 127. The molecular weight excluding hydrogens is 351 g/mol. The van der Waals surface area contributed by atoms with Crippen molar-refractivity contribution in [2.45, 2.75) is 25.7 Å². The first-order chi connectivity index (χ1) is 8.63. The second kappa shape index (κ2) is 8.39. The minimum atomic E-state index is -0.671. The quantitative estimate of drug-likeness (QED) is 0.448. The molecule has 0 saturated heterocycles. The van der Waals surface area contributed by atoms with Crippen LogP contribution in [0.3, 0.4) is 0 Å². The Kier molecular flexibility index (Phi) is 7.15. The highest BCUT2D eigenvalue weighted by Crippen LogP contribution is 2.10. The lowest BCUT2D eigenvalue weighted by Gasteiger charge is -2.06. The van der Waals surface area contributed by atoms with Gasteiger partial charge in [-0.15, -0.1) is 0 Å². The van der Waals surface area contributed by atoms with Crippen LogP contribution in [0.2, 0.25) is 0 Å². The van der Waals surface area contributed by atoms with E-state index in [1.807, 2.05) is 0 Å². The number of unbranched alkanes of at least 4 members (excludes halogenated alkanes) is 2. The van der Waals surface area contributed by atoms with Crippen molar-refractivity contribution in [2.75, 3.05) is 11.0 Å². The molecule has 1 aromatic rings. The predicted octanol–water partition coefficient (Wildman–Crippen LogP) is 3.23. The summed E-state index contributed by atoms with van der Waals surface area (Å²) < 4.78 is 27.1. The number of alkyl halides is 1. The van der Waals surface area contributed by atoms with Crippen LogP contribution in [-0.2, 0) is 11.2 Å². The summed E-state index contributed by atoms with van der Waals surface area (Å²) in [4.78, 5) is 11.5. The van der Waals surface area contributed by atoms with Crippen LogP contribution in [0.5, 0.6) is 0 Å². The normalized spacial score (nSPS) is 10.4. The third kappa shape index (κ3) is 5.75. The Morgan fingerprint density at radius 3 is 2.67 bits per heavy atom. The number of nitrogens with one attached hydrogen (secondary N) is 1. The van der Waals surface area contributed by atoms with E-state index in [2.05, 4.69) is 27.9 Å². The van der Waals surface area contributed by atoms with Gasteiger partial charge >= 0.3 is 0 Å². The smallest absolute Gasteiger partial charge is 0.224 e. The molecule has 0 unspecified atom stereocenters. The molecule has 0 aliphatic heterocycles. The Balaban J connectivity index is 2.31. The predicted molar refractivity (Wildman–Crippen MR) is 75.8 cm³/mol. The number of hydrogen-bond acceptors (Lipinski definition) is 1. The van der Waals surface area contributed by atoms with E-state index < -0.39 is 11.6 Å². The molecule has 1 aromatic carbocycles. The first kappa shape index (κ1) is 15.3. The van der Waals surface area contributed by atoms with Crippen molar-refractivity contribution >= 4 is 28.5 Å². The minimum Gasteiger partial charge on any atom is -0.356 e. The van der Waals surface area contributed by atoms with E-state index in [1.165, 1.54) is 6.07 Å². The van der Waals surface area contributed by atoms with Crippen molar-refractivity contribution in [1.82, 2.24) is 5.32 Å². The van der Waals surface area contributed by atoms with Gasteiger partial charge in [-0.05, 0) is 28.9 Å². The maximum absolute atomic E-state index is 13.3. The van der Waals surface area contributed by atoms with Gasteiger partial charge in [-0.25, -0.2) is 8.78 Å². The van der Waals surface area contributed by atoms with Crippen molar-refractivity contribution in [2.24, 2.45) is 0 Å². The van der Waals surface area contributed by atoms with Gasteiger partial charge in [0.25, 0.3) is 0 Å². The summed E-state index contributed by atoms with van der Waals surface area (Å²) in [5.74, 6) is -1.53. The maximum atomic E-state index is 13.3. The van der Waals surface area contributed by atoms with Crippen LogP contribution in [0.25, 0.3) is 0 Å². The van der Waals surface area contributed by atoms with Crippen molar-refractivity contribution < 1.29 is 13.6 Å². The first-order valence-electron chi connectivity index (χ1n) is 5.90. The zero-order valence-electron chi connectivity index (χ0n) is 10.0. The Bertz CT molecular complexity index is 399. The van der Waals surface area contributed by atoms with Crippen LogP contribution in [0, 0.1) is 11.6 Å². The van der Waals surface area contributed by atoms with Crippen LogP contribution in [-0.4, -0.2) is 16.9 Å². The van der Waals surface area contributed by atoms with Gasteiger partial charge in [0.2, 0.25) is 5.91 Å². The van der Waals surface area contributed by atoms with Gasteiger partial charge in [-0.2, -0.15) is 0 Å². The first-order valence-corrected chi connectivity index (χ1v) is 7.42. The van der Waals surface area contributed by atoms with Gasteiger partial charge in [-0.1, -0.05) is 35.1 Å². The summed E-state index contributed by atoms with van der Waals surface area (Å²) in [5, 5.41) is 2.73. The summed E-state index contributed by atoms with van der Waals surface area (Å²) in [6.07, 6.45) is 3.11. The standard InChI is InChI=1S/C13H16F2INO/c14-11-5-4-10(12(15)9-11)8-13(18)17-7-3-1-2-6-16/h4-5,9H,1-3,6-8H2,(H,17,18). The summed E-state index contributed by atoms with van der Waals surface area (Å²) in [6.45, 7) is 0.609. The molecule has 5 heteroatoms. The third-order valence-electron chi connectivity index (χ3n) is 2.50. The SMILES string of the molecule is O=C(Cc1ccc(F)cc1F)NCCCCCI. The molecule has 0 fully saturated rings. The number of benzene rings is 1. The zero-order chi connectivity index (χ0) is 13.4. The number of amides is 1. The monoisotopic (exact) mass is 367 g/mol. The van der Waals surface area contributed by atoms with E-state index in [4.69, 9.17) is 0 Å². The zero-order valence-corrected chi connectivity index (χ0v) is 12.2. The summed E-state index contributed by atoms with van der Waals surface area (Å²) in [5.41, 5.74) is 0.223. The van der Waals surface area contributed by atoms with E-state index in [-0.39, 0.29) is 17.9 Å². The molecule has 1 N–H and O–H groups in total. The number of carbonyl (C=O) groups excluding carboxylic acids is 1. The van der Waals surface area contributed by atoms with Crippen molar-refractivity contribution in [3.63, 3.8) is 0 Å². The van der Waals surface area contributed by atoms with Crippen molar-refractivity contribution in [3.05, 3.63) is 35.4 Å². The molecule has 2 nitrogen and oxygen atoms in total. The van der Waals surface area contributed by atoms with Crippen molar-refractivity contribution in [3.8, 4) is 0 Å². The average molecular weight is 367 g/mol. The number of hydrogen-bond donors (Lipinski definition) is 1. The molecule has 0 aromatic heterocycles. The van der Waals surface area contributed by atoms with Crippen LogP contribution < -0.4 is 5.32 Å². The molecule has 0 bridgehead atoms. The van der Waals surface area contributed by atoms with Crippen LogP contribution in [0.15, 0.2) is 18.2 Å². The van der Waals surface area contributed by atoms with E-state index >= 15 is 0 Å². The fourth-order valence-corrected chi connectivity index (χ4v) is 2.06. The molecule has 0 radical (unpaired) electrons. The number of halogens is 3. The molecule has 0 spiro atoms. The fourth-order valence-electron chi connectivity index (χ4n) is 1.52. The molecular formula is C13H16F2INO.